The first kappa shape index (κ1) is 13.7. The third kappa shape index (κ3) is 3.06. The maximum absolute atomic E-state index is 10.6. The predicted octanol–water partition coefficient (Wildman–Crippen LogP) is 3.27. The monoisotopic (exact) mass is 257 g/mol. The number of nitrogens with zero attached hydrogens (tertiary/aromatic N) is 3. The Labute approximate surface area is 106 Å². The second-order valence-corrected chi connectivity index (χ2v) is 4.24. The standard InChI is InChI=1S/C11H16ClN3O2/c1-4-8(5-2)14(3)11-10(12)6-9(7-13-11)15(16)17/h6-8H,4-5H2,1-3H3. The lowest BCUT2D eigenvalue weighted by atomic mass is 10.1. The Morgan fingerprint density at radius 1 is 1.53 bits per heavy atom. The molecule has 0 saturated carbocycles. The van der Waals surface area contributed by atoms with Gasteiger partial charge in [-0.25, -0.2) is 4.98 Å². The van der Waals surface area contributed by atoms with Gasteiger partial charge in [0.2, 0.25) is 0 Å². The fourth-order valence-electron chi connectivity index (χ4n) is 1.79. The van der Waals surface area contributed by atoms with Gasteiger partial charge in [-0.3, -0.25) is 10.1 Å². The molecular weight excluding hydrogens is 242 g/mol. The van der Waals surface area contributed by atoms with E-state index in [9.17, 15) is 10.1 Å². The highest BCUT2D eigenvalue weighted by molar-refractivity contribution is 6.33. The van der Waals surface area contributed by atoms with Crippen LogP contribution in [0.25, 0.3) is 0 Å². The molecule has 0 fully saturated rings. The number of anilines is 1. The van der Waals surface area contributed by atoms with Crippen molar-refractivity contribution >= 4 is 23.1 Å². The minimum Gasteiger partial charge on any atom is -0.355 e. The zero-order valence-electron chi connectivity index (χ0n) is 10.2. The van der Waals surface area contributed by atoms with Gasteiger partial charge in [-0.2, -0.15) is 0 Å². The van der Waals surface area contributed by atoms with E-state index in [0.717, 1.165) is 12.8 Å². The van der Waals surface area contributed by atoms with Crippen LogP contribution in [0.4, 0.5) is 11.5 Å². The van der Waals surface area contributed by atoms with Gasteiger partial charge in [0.15, 0.2) is 0 Å². The number of hydrogen-bond donors (Lipinski definition) is 0. The summed E-state index contributed by atoms with van der Waals surface area (Å²) in [5.41, 5.74) is -0.0864. The second kappa shape index (κ2) is 5.82. The molecule has 17 heavy (non-hydrogen) atoms. The van der Waals surface area contributed by atoms with E-state index in [-0.39, 0.29) is 5.69 Å². The molecule has 1 aromatic heterocycles. The van der Waals surface area contributed by atoms with Crippen LogP contribution in [-0.2, 0) is 0 Å². The minimum absolute atomic E-state index is 0.0864. The zero-order valence-corrected chi connectivity index (χ0v) is 10.9. The molecule has 0 amide bonds. The Hall–Kier alpha value is -1.36. The van der Waals surface area contributed by atoms with E-state index in [1.165, 1.54) is 12.3 Å². The average Bonchev–Trinajstić information content (AvgIpc) is 2.30. The van der Waals surface area contributed by atoms with E-state index in [4.69, 9.17) is 11.6 Å². The summed E-state index contributed by atoms with van der Waals surface area (Å²) in [7, 11) is 1.90. The lowest BCUT2D eigenvalue weighted by Gasteiger charge is -2.27. The molecule has 0 N–H and O–H groups in total. The largest absolute Gasteiger partial charge is 0.355 e. The van der Waals surface area contributed by atoms with Crippen LogP contribution < -0.4 is 4.90 Å². The fraction of sp³-hybridized carbons (Fsp3) is 0.545. The molecule has 1 heterocycles. The van der Waals surface area contributed by atoms with Crippen LogP contribution >= 0.6 is 11.6 Å². The summed E-state index contributed by atoms with van der Waals surface area (Å²) in [5, 5.41) is 10.9. The lowest BCUT2D eigenvalue weighted by molar-refractivity contribution is -0.385. The summed E-state index contributed by atoms with van der Waals surface area (Å²) in [5.74, 6) is 0.589. The number of hydrogen-bond acceptors (Lipinski definition) is 4. The molecule has 0 aliphatic rings. The normalized spacial score (nSPS) is 10.6. The van der Waals surface area contributed by atoms with Crippen molar-refractivity contribution < 1.29 is 4.92 Å². The lowest BCUT2D eigenvalue weighted by Crippen LogP contribution is -2.31. The van der Waals surface area contributed by atoms with Crippen LogP contribution in [-0.4, -0.2) is 23.0 Å². The number of nitro groups is 1. The molecule has 0 radical (unpaired) electrons. The van der Waals surface area contributed by atoms with Crippen molar-refractivity contribution in [3.63, 3.8) is 0 Å². The third-order valence-electron chi connectivity index (χ3n) is 2.84. The van der Waals surface area contributed by atoms with Crippen LogP contribution in [0.3, 0.4) is 0 Å². The van der Waals surface area contributed by atoms with Gasteiger partial charge in [-0.1, -0.05) is 25.4 Å². The van der Waals surface area contributed by atoms with Gasteiger partial charge < -0.3 is 4.90 Å². The molecule has 0 aliphatic heterocycles. The highest BCUT2D eigenvalue weighted by atomic mass is 35.5. The summed E-state index contributed by atoms with van der Waals surface area (Å²) in [6, 6.07) is 1.67. The molecule has 1 rings (SSSR count). The number of rotatable bonds is 5. The van der Waals surface area contributed by atoms with E-state index < -0.39 is 4.92 Å². The van der Waals surface area contributed by atoms with Gasteiger partial charge in [0.05, 0.1) is 9.95 Å². The Bertz CT molecular complexity index is 408. The molecular formula is C11H16ClN3O2. The summed E-state index contributed by atoms with van der Waals surface area (Å²) in [6.45, 7) is 4.17. The van der Waals surface area contributed by atoms with Crippen molar-refractivity contribution in [1.29, 1.82) is 0 Å². The van der Waals surface area contributed by atoms with Crippen molar-refractivity contribution in [2.24, 2.45) is 0 Å². The third-order valence-corrected chi connectivity index (χ3v) is 3.12. The number of aromatic nitrogens is 1. The highest BCUT2D eigenvalue weighted by Gasteiger charge is 2.18. The summed E-state index contributed by atoms with van der Waals surface area (Å²) >= 11 is 6.02. The van der Waals surface area contributed by atoms with Gasteiger partial charge in [0.25, 0.3) is 5.69 Å². The first-order valence-corrected chi connectivity index (χ1v) is 5.91. The topological polar surface area (TPSA) is 59.3 Å². The number of halogens is 1. The Morgan fingerprint density at radius 3 is 2.53 bits per heavy atom. The van der Waals surface area contributed by atoms with Gasteiger partial charge in [-0.15, -0.1) is 0 Å². The van der Waals surface area contributed by atoms with Gasteiger partial charge >= 0.3 is 0 Å². The Morgan fingerprint density at radius 2 is 2.12 bits per heavy atom. The van der Waals surface area contributed by atoms with E-state index in [2.05, 4.69) is 18.8 Å². The van der Waals surface area contributed by atoms with Crippen molar-refractivity contribution in [2.45, 2.75) is 32.7 Å². The van der Waals surface area contributed by atoms with Crippen molar-refractivity contribution in [2.75, 3.05) is 11.9 Å². The molecule has 0 aromatic carbocycles. The quantitative estimate of drug-likeness (QED) is 0.600. The second-order valence-electron chi connectivity index (χ2n) is 3.84. The SMILES string of the molecule is CCC(CC)N(C)c1ncc([N+](=O)[O-])cc1Cl. The van der Waals surface area contributed by atoms with E-state index in [1.54, 1.807) is 0 Å². The van der Waals surface area contributed by atoms with Crippen LogP contribution in [0.5, 0.6) is 0 Å². The fourth-order valence-corrected chi connectivity index (χ4v) is 2.08. The first-order valence-electron chi connectivity index (χ1n) is 5.54. The Balaban J connectivity index is 3.03. The van der Waals surface area contributed by atoms with Gasteiger partial charge in [-0.05, 0) is 12.8 Å². The molecule has 0 saturated heterocycles. The molecule has 0 aliphatic carbocycles. The Kier molecular flexibility index (Phi) is 4.69. The molecule has 0 bridgehead atoms. The molecule has 0 spiro atoms. The first-order chi connectivity index (χ1) is 8.01. The molecule has 0 unspecified atom stereocenters. The molecule has 94 valence electrons. The van der Waals surface area contributed by atoms with Crippen LogP contribution in [0.15, 0.2) is 12.3 Å². The molecule has 1 aromatic rings. The van der Waals surface area contributed by atoms with Crippen molar-refractivity contribution in [3.8, 4) is 0 Å². The number of pyridine rings is 1. The maximum atomic E-state index is 10.6. The smallest absolute Gasteiger partial charge is 0.289 e. The highest BCUT2D eigenvalue weighted by Crippen LogP contribution is 2.28. The van der Waals surface area contributed by atoms with Crippen LogP contribution in [0, 0.1) is 10.1 Å². The minimum atomic E-state index is -0.500. The van der Waals surface area contributed by atoms with Crippen LogP contribution in [0.1, 0.15) is 26.7 Å². The van der Waals surface area contributed by atoms with Gasteiger partial charge in [0.1, 0.15) is 12.0 Å². The van der Waals surface area contributed by atoms with Gasteiger partial charge in [0, 0.05) is 19.2 Å². The summed E-state index contributed by atoms with van der Waals surface area (Å²) in [4.78, 5) is 16.1. The maximum Gasteiger partial charge on any atom is 0.289 e. The summed E-state index contributed by atoms with van der Waals surface area (Å²) in [6.07, 6.45) is 3.18. The van der Waals surface area contributed by atoms with E-state index in [0.29, 0.717) is 16.9 Å². The van der Waals surface area contributed by atoms with E-state index >= 15 is 0 Å². The average molecular weight is 258 g/mol. The van der Waals surface area contributed by atoms with Crippen LogP contribution in [0.2, 0.25) is 5.02 Å². The van der Waals surface area contributed by atoms with Crippen molar-refractivity contribution in [3.05, 3.63) is 27.4 Å². The molecule has 5 nitrogen and oxygen atoms in total. The summed E-state index contributed by atoms with van der Waals surface area (Å²) < 4.78 is 0. The molecule has 6 heteroatoms. The van der Waals surface area contributed by atoms with E-state index in [1.807, 2.05) is 11.9 Å². The zero-order chi connectivity index (χ0) is 13.0. The molecule has 0 atom stereocenters. The predicted molar refractivity (Wildman–Crippen MR) is 68.7 cm³/mol. The van der Waals surface area contributed by atoms with Crippen molar-refractivity contribution in [1.82, 2.24) is 4.98 Å².